The van der Waals surface area contributed by atoms with Crippen LogP contribution in [0.15, 0.2) is 17.1 Å². The van der Waals surface area contributed by atoms with E-state index in [1.165, 1.54) is 12.3 Å². The van der Waals surface area contributed by atoms with Crippen molar-refractivity contribution in [3.63, 3.8) is 0 Å². The van der Waals surface area contributed by atoms with Crippen LogP contribution in [-0.4, -0.2) is 23.8 Å². The van der Waals surface area contributed by atoms with E-state index < -0.39 is 17.2 Å². The summed E-state index contributed by atoms with van der Waals surface area (Å²) >= 11 is 5.83. The van der Waals surface area contributed by atoms with Gasteiger partial charge in [-0.25, -0.2) is 9.18 Å². The lowest BCUT2D eigenvalue weighted by atomic mass is 10.1. The summed E-state index contributed by atoms with van der Waals surface area (Å²) in [5.74, 6) is -1.48. The Kier molecular flexibility index (Phi) is 3.56. The fraction of sp³-hybridized carbons (Fsp3) is 0.333. The predicted molar refractivity (Wildman–Crippen MR) is 79.3 cm³/mol. The van der Waals surface area contributed by atoms with E-state index in [0.29, 0.717) is 5.52 Å². The molecule has 0 radical (unpaired) electrons. The summed E-state index contributed by atoms with van der Waals surface area (Å²) in [4.78, 5) is 24.5. The topological polar surface area (TPSA) is 57.5 Å². The third kappa shape index (κ3) is 2.06. The van der Waals surface area contributed by atoms with E-state index >= 15 is 0 Å². The molecule has 22 heavy (non-hydrogen) atoms. The Morgan fingerprint density at radius 3 is 3.00 bits per heavy atom. The van der Waals surface area contributed by atoms with Crippen molar-refractivity contribution in [2.75, 3.05) is 13.2 Å². The van der Waals surface area contributed by atoms with Crippen LogP contribution in [0.5, 0.6) is 5.75 Å². The first-order chi connectivity index (χ1) is 10.5. The average molecular weight is 326 g/mol. The molecule has 0 fully saturated rings. The van der Waals surface area contributed by atoms with Crippen molar-refractivity contribution < 1.29 is 18.7 Å². The van der Waals surface area contributed by atoms with Gasteiger partial charge >= 0.3 is 5.97 Å². The molecule has 7 heteroatoms. The quantitative estimate of drug-likeness (QED) is 0.797. The van der Waals surface area contributed by atoms with Gasteiger partial charge in [-0.15, -0.1) is 0 Å². The summed E-state index contributed by atoms with van der Waals surface area (Å²) < 4.78 is 26.1. The van der Waals surface area contributed by atoms with Crippen LogP contribution in [0.1, 0.15) is 30.2 Å². The van der Waals surface area contributed by atoms with E-state index in [9.17, 15) is 14.0 Å². The van der Waals surface area contributed by atoms with Crippen LogP contribution >= 0.6 is 11.6 Å². The number of nitrogens with zero attached hydrogens (tertiary/aromatic N) is 1. The van der Waals surface area contributed by atoms with Crippen LogP contribution in [0.25, 0.3) is 10.9 Å². The van der Waals surface area contributed by atoms with Gasteiger partial charge < -0.3 is 14.0 Å². The molecule has 1 aromatic heterocycles. The van der Waals surface area contributed by atoms with Crippen LogP contribution in [0, 0.1) is 5.82 Å². The van der Waals surface area contributed by atoms with E-state index in [1.807, 2.05) is 6.92 Å². The Hall–Kier alpha value is -2.08. The molecular formula is C15H13ClFNO4. The number of hydrogen-bond donors (Lipinski definition) is 0. The molecule has 116 valence electrons. The van der Waals surface area contributed by atoms with E-state index in [-0.39, 0.29) is 41.0 Å². The van der Waals surface area contributed by atoms with Gasteiger partial charge in [-0.1, -0.05) is 11.6 Å². The van der Waals surface area contributed by atoms with E-state index in [2.05, 4.69) is 0 Å². The molecule has 2 heterocycles. The number of aromatic nitrogens is 1. The lowest BCUT2D eigenvalue weighted by Gasteiger charge is -2.27. The maximum atomic E-state index is 14.1. The van der Waals surface area contributed by atoms with Crippen molar-refractivity contribution in [2.45, 2.75) is 19.9 Å². The molecule has 0 bridgehead atoms. The molecule has 0 amide bonds. The minimum absolute atomic E-state index is 0.0619. The monoisotopic (exact) mass is 325 g/mol. The molecule has 0 aliphatic carbocycles. The van der Waals surface area contributed by atoms with Gasteiger partial charge in [-0.3, -0.25) is 4.79 Å². The highest BCUT2D eigenvalue weighted by molar-refractivity contribution is 6.31. The maximum Gasteiger partial charge on any atom is 0.343 e. The number of carbonyl (C=O) groups excluding carboxylic acids is 1. The van der Waals surface area contributed by atoms with Gasteiger partial charge in [0.1, 0.15) is 12.2 Å². The zero-order chi connectivity index (χ0) is 16.0. The molecule has 1 aromatic carbocycles. The Balaban J connectivity index is 2.42. The first kappa shape index (κ1) is 14.8. The summed E-state index contributed by atoms with van der Waals surface area (Å²) in [5, 5.41) is -0.0831. The zero-order valence-electron chi connectivity index (χ0n) is 12.0. The second-order valence-corrected chi connectivity index (χ2v) is 5.46. The normalized spacial score (nSPS) is 16.5. The molecule has 0 spiro atoms. The minimum Gasteiger partial charge on any atom is -0.486 e. The Morgan fingerprint density at radius 2 is 2.32 bits per heavy atom. The van der Waals surface area contributed by atoms with Gasteiger partial charge in [0, 0.05) is 6.20 Å². The second kappa shape index (κ2) is 5.28. The molecule has 0 saturated heterocycles. The van der Waals surface area contributed by atoms with Crippen LogP contribution in [0.4, 0.5) is 4.39 Å². The number of ether oxygens (including phenoxy) is 2. The second-order valence-electron chi connectivity index (χ2n) is 5.06. The summed E-state index contributed by atoms with van der Waals surface area (Å²) in [5.41, 5.74) is -0.346. The summed E-state index contributed by atoms with van der Waals surface area (Å²) in [6.07, 6.45) is 1.40. The highest BCUT2D eigenvalue weighted by Crippen LogP contribution is 2.37. The molecular weight excluding hydrogens is 313 g/mol. The van der Waals surface area contributed by atoms with Gasteiger partial charge in [0.2, 0.25) is 5.43 Å². The number of esters is 1. The van der Waals surface area contributed by atoms with Crippen molar-refractivity contribution in [1.82, 2.24) is 4.57 Å². The molecule has 1 unspecified atom stereocenters. The number of hydrogen-bond acceptors (Lipinski definition) is 4. The van der Waals surface area contributed by atoms with Crippen LogP contribution in [0.3, 0.4) is 0 Å². The lowest BCUT2D eigenvalue weighted by molar-refractivity contribution is 0.0523. The zero-order valence-corrected chi connectivity index (χ0v) is 12.7. The van der Waals surface area contributed by atoms with Crippen molar-refractivity contribution in [2.24, 2.45) is 0 Å². The van der Waals surface area contributed by atoms with E-state index in [0.717, 1.165) is 0 Å². The largest absolute Gasteiger partial charge is 0.486 e. The van der Waals surface area contributed by atoms with Crippen molar-refractivity contribution >= 4 is 28.5 Å². The van der Waals surface area contributed by atoms with Crippen molar-refractivity contribution in [1.29, 1.82) is 0 Å². The summed E-state index contributed by atoms with van der Waals surface area (Å²) in [6.45, 7) is 3.87. The molecule has 2 aromatic rings. The standard InChI is InChI=1S/C15H13ClFNO4/c1-3-21-15(20)9-5-18-7(2)6-22-14-11(17)10(16)4-8(12(14)18)13(9)19/h4-5,7H,3,6H2,1-2H3. The summed E-state index contributed by atoms with van der Waals surface area (Å²) in [6, 6.07) is 1.06. The minimum atomic E-state index is -0.710. The average Bonchev–Trinajstić information content (AvgIpc) is 2.48. The van der Waals surface area contributed by atoms with Gasteiger partial charge in [0.05, 0.1) is 28.6 Å². The maximum absolute atomic E-state index is 14.1. The number of halogens is 2. The lowest BCUT2D eigenvalue weighted by Crippen LogP contribution is -2.27. The highest BCUT2D eigenvalue weighted by atomic mass is 35.5. The Bertz CT molecular complexity index is 846. The molecule has 5 nitrogen and oxygen atoms in total. The third-order valence-corrected chi connectivity index (χ3v) is 3.88. The molecule has 1 aliphatic rings. The fourth-order valence-corrected chi connectivity index (χ4v) is 2.74. The molecule has 0 saturated carbocycles. The molecule has 0 N–H and O–H groups in total. The van der Waals surface area contributed by atoms with Gasteiger partial charge in [0.25, 0.3) is 0 Å². The third-order valence-electron chi connectivity index (χ3n) is 3.61. The summed E-state index contributed by atoms with van der Waals surface area (Å²) in [7, 11) is 0. The number of carbonyl (C=O) groups is 1. The number of benzene rings is 1. The fourth-order valence-electron chi connectivity index (χ4n) is 2.55. The molecule has 1 aliphatic heterocycles. The van der Waals surface area contributed by atoms with Crippen LogP contribution in [0.2, 0.25) is 5.02 Å². The highest BCUT2D eigenvalue weighted by Gasteiger charge is 2.27. The number of rotatable bonds is 2. The van der Waals surface area contributed by atoms with Crippen LogP contribution in [-0.2, 0) is 4.74 Å². The van der Waals surface area contributed by atoms with Crippen molar-refractivity contribution in [3.05, 3.63) is 38.9 Å². The molecule has 1 atom stereocenters. The van der Waals surface area contributed by atoms with Crippen LogP contribution < -0.4 is 10.2 Å². The Morgan fingerprint density at radius 1 is 1.59 bits per heavy atom. The van der Waals surface area contributed by atoms with E-state index in [4.69, 9.17) is 21.1 Å². The SMILES string of the molecule is CCOC(=O)c1cn2c3c(c(F)c(Cl)cc3c1=O)OCC2C. The smallest absolute Gasteiger partial charge is 0.343 e. The first-order valence-corrected chi connectivity index (χ1v) is 7.20. The molecule has 3 rings (SSSR count). The predicted octanol–water partition coefficient (Wildman–Crippen LogP) is 2.92. The first-order valence-electron chi connectivity index (χ1n) is 6.82. The Labute approximate surface area is 130 Å². The van der Waals surface area contributed by atoms with E-state index in [1.54, 1.807) is 11.5 Å². The van der Waals surface area contributed by atoms with Gasteiger partial charge in [0.15, 0.2) is 11.6 Å². The van der Waals surface area contributed by atoms with Gasteiger partial charge in [-0.2, -0.15) is 0 Å². The van der Waals surface area contributed by atoms with Crippen molar-refractivity contribution in [3.8, 4) is 5.75 Å². The van der Waals surface area contributed by atoms with Gasteiger partial charge in [-0.05, 0) is 19.9 Å². The number of pyridine rings is 1.